The maximum absolute atomic E-state index is 10.9. The summed E-state index contributed by atoms with van der Waals surface area (Å²) in [6.45, 7) is 3.72. The Morgan fingerprint density at radius 2 is 2.29 bits per heavy atom. The molecule has 1 aliphatic rings. The first-order valence-electron chi connectivity index (χ1n) is 5.37. The lowest BCUT2D eigenvalue weighted by Gasteiger charge is -2.28. The molecule has 0 spiro atoms. The Kier molecular flexibility index (Phi) is 3.47. The van der Waals surface area contributed by atoms with Gasteiger partial charge in [-0.15, -0.1) is 0 Å². The van der Waals surface area contributed by atoms with Gasteiger partial charge in [0.05, 0.1) is 6.54 Å². The van der Waals surface area contributed by atoms with Gasteiger partial charge in [0.1, 0.15) is 5.82 Å². The summed E-state index contributed by atoms with van der Waals surface area (Å²) in [5, 5.41) is 8.90. The number of rotatable bonds is 2. The van der Waals surface area contributed by atoms with Crippen molar-refractivity contribution in [2.75, 3.05) is 18.0 Å². The summed E-state index contributed by atoms with van der Waals surface area (Å²) in [6, 6.07) is 5.07. The fourth-order valence-electron chi connectivity index (χ4n) is 1.73. The highest BCUT2D eigenvalue weighted by Crippen LogP contribution is 2.25. The first-order chi connectivity index (χ1) is 8.08. The molecular weight excluding hydrogens is 284 g/mol. The zero-order valence-corrected chi connectivity index (χ0v) is 11.1. The SMILES string of the molecule is CC1=C(Br)CN(c2cccc(C(=O)O)n2)CC1. The molecule has 5 heteroatoms. The van der Waals surface area contributed by atoms with E-state index in [1.807, 2.05) is 6.07 Å². The molecule has 90 valence electrons. The minimum Gasteiger partial charge on any atom is -0.477 e. The molecule has 0 aromatic carbocycles. The molecule has 1 aromatic heterocycles. The Morgan fingerprint density at radius 1 is 1.53 bits per heavy atom. The summed E-state index contributed by atoms with van der Waals surface area (Å²) >= 11 is 3.53. The van der Waals surface area contributed by atoms with Gasteiger partial charge in [0.25, 0.3) is 0 Å². The van der Waals surface area contributed by atoms with Crippen LogP contribution in [0.1, 0.15) is 23.8 Å². The Labute approximate surface area is 108 Å². The summed E-state index contributed by atoms with van der Waals surface area (Å²) < 4.78 is 1.16. The second-order valence-corrected chi connectivity index (χ2v) is 5.00. The van der Waals surface area contributed by atoms with Gasteiger partial charge in [-0.3, -0.25) is 0 Å². The van der Waals surface area contributed by atoms with Crippen molar-refractivity contribution in [2.24, 2.45) is 0 Å². The van der Waals surface area contributed by atoms with Crippen molar-refractivity contribution in [3.05, 3.63) is 33.9 Å². The number of carboxylic acid groups (broad SMARTS) is 1. The van der Waals surface area contributed by atoms with E-state index in [0.29, 0.717) is 5.82 Å². The molecule has 1 N–H and O–H groups in total. The van der Waals surface area contributed by atoms with Crippen LogP contribution in [-0.2, 0) is 0 Å². The van der Waals surface area contributed by atoms with Gasteiger partial charge < -0.3 is 10.0 Å². The van der Waals surface area contributed by atoms with Gasteiger partial charge in [-0.05, 0) is 25.5 Å². The van der Waals surface area contributed by atoms with Crippen LogP contribution in [0.3, 0.4) is 0 Å². The number of carboxylic acids is 1. The van der Waals surface area contributed by atoms with Crippen LogP contribution in [0, 0.1) is 0 Å². The molecule has 0 radical (unpaired) electrons. The molecule has 0 saturated heterocycles. The van der Waals surface area contributed by atoms with E-state index in [0.717, 1.165) is 24.0 Å². The largest absolute Gasteiger partial charge is 0.477 e. The van der Waals surface area contributed by atoms with Gasteiger partial charge in [-0.25, -0.2) is 9.78 Å². The van der Waals surface area contributed by atoms with Crippen molar-refractivity contribution >= 4 is 27.7 Å². The summed E-state index contributed by atoms with van der Waals surface area (Å²) in [4.78, 5) is 17.1. The number of hydrogen-bond donors (Lipinski definition) is 1. The summed E-state index contributed by atoms with van der Waals surface area (Å²) in [6.07, 6.45) is 0.972. The second-order valence-electron chi connectivity index (χ2n) is 4.04. The lowest BCUT2D eigenvalue weighted by molar-refractivity contribution is 0.0690. The number of aromatic nitrogens is 1. The van der Waals surface area contributed by atoms with Crippen LogP contribution in [0.25, 0.3) is 0 Å². The third-order valence-electron chi connectivity index (χ3n) is 2.83. The van der Waals surface area contributed by atoms with Crippen molar-refractivity contribution in [2.45, 2.75) is 13.3 Å². The molecule has 4 nitrogen and oxygen atoms in total. The molecule has 0 unspecified atom stereocenters. The molecule has 2 rings (SSSR count). The lowest BCUT2D eigenvalue weighted by atomic mass is 10.1. The topological polar surface area (TPSA) is 53.4 Å². The van der Waals surface area contributed by atoms with Crippen LogP contribution < -0.4 is 4.90 Å². The molecule has 0 amide bonds. The quantitative estimate of drug-likeness (QED) is 0.912. The highest BCUT2D eigenvalue weighted by molar-refractivity contribution is 9.11. The van der Waals surface area contributed by atoms with Crippen molar-refractivity contribution in [1.29, 1.82) is 0 Å². The van der Waals surface area contributed by atoms with E-state index in [1.54, 1.807) is 6.07 Å². The monoisotopic (exact) mass is 296 g/mol. The number of aromatic carboxylic acids is 1. The summed E-state index contributed by atoms with van der Waals surface area (Å²) in [5.74, 6) is -0.274. The standard InChI is InChI=1S/C12H13BrN2O2/c1-8-5-6-15(7-9(8)13)11-4-2-3-10(14-11)12(16)17/h2-4H,5-7H2,1H3,(H,16,17). The van der Waals surface area contributed by atoms with Crippen molar-refractivity contribution in [1.82, 2.24) is 4.98 Å². The van der Waals surface area contributed by atoms with E-state index in [9.17, 15) is 4.79 Å². The number of pyridine rings is 1. The highest BCUT2D eigenvalue weighted by atomic mass is 79.9. The van der Waals surface area contributed by atoms with Crippen LogP contribution in [0.4, 0.5) is 5.82 Å². The van der Waals surface area contributed by atoms with E-state index in [-0.39, 0.29) is 5.69 Å². The lowest BCUT2D eigenvalue weighted by Crippen LogP contribution is -2.31. The first-order valence-corrected chi connectivity index (χ1v) is 6.16. The van der Waals surface area contributed by atoms with Crippen LogP contribution in [0.2, 0.25) is 0 Å². The Bertz CT molecular complexity index is 485. The average Bonchev–Trinajstić information content (AvgIpc) is 2.33. The number of carbonyl (C=O) groups is 1. The van der Waals surface area contributed by atoms with Crippen molar-refractivity contribution < 1.29 is 9.90 Å². The van der Waals surface area contributed by atoms with Gasteiger partial charge >= 0.3 is 5.97 Å². The van der Waals surface area contributed by atoms with Crippen LogP contribution >= 0.6 is 15.9 Å². The molecular formula is C12H13BrN2O2. The highest BCUT2D eigenvalue weighted by Gasteiger charge is 2.17. The summed E-state index contributed by atoms with van der Waals surface area (Å²) in [5.41, 5.74) is 1.43. The Hall–Kier alpha value is -1.36. The van der Waals surface area contributed by atoms with Gasteiger partial charge in [0, 0.05) is 11.0 Å². The smallest absolute Gasteiger partial charge is 0.354 e. The molecule has 0 atom stereocenters. The minimum atomic E-state index is -0.991. The third-order valence-corrected chi connectivity index (χ3v) is 3.75. The van der Waals surface area contributed by atoms with Gasteiger partial charge in [-0.2, -0.15) is 0 Å². The van der Waals surface area contributed by atoms with E-state index in [4.69, 9.17) is 5.11 Å². The molecule has 0 aliphatic carbocycles. The molecule has 17 heavy (non-hydrogen) atoms. The maximum atomic E-state index is 10.9. The molecule has 1 aromatic rings. The predicted octanol–water partition coefficient (Wildman–Crippen LogP) is 2.66. The van der Waals surface area contributed by atoms with Crippen molar-refractivity contribution in [3.8, 4) is 0 Å². The predicted molar refractivity (Wildman–Crippen MR) is 69.7 cm³/mol. The van der Waals surface area contributed by atoms with E-state index in [1.165, 1.54) is 11.6 Å². The van der Waals surface area contributed by atoms with E-state index in [2.05, 4.69) is 32.7 Å². The maximum Gasteiger partial charge on any atom is 0.354 e. The van der Waals surface area contributed by atoms with Crippen LogP contribution in [0.15, 0.2) is 28.3 Å². The number of nitrogens with zero attached hydrogens (tertiary/aromatic N) is 2. The minimum absolute atomic E-state index is 0.0879. The van der Waals surface area contributed by atoms with Gasteiger partial charge in [-0.1, -0.05) is 27.6 Å². The summed E-state index contributed by atoms with van der Waals surface area (Å²) in [7, 11) is 0. The van der Waals surface area contributed by atoms with Crippen LogP contribution in [0.5, 0.6) is 0 Å². The molecule has 2 heterocycles. The van der Waals surface area contributed by atoms with Gasteiger partial charge in [0.2, 0.25) is 0 Å². The van der Waals surface area contributed by atoms with Crippen molar-refractivity contribution in [3.63, 3.8) is 0 Å². The first kappa shape index (κ1) is 12.1. The number of hydrogen-bond acceptors (Lipinski definition) is 3. The second kappa shape index (κ2) is 4.87. The van der Waals surface area contributed by atoms with E-state index < -0.39 is 5.97 Å². The third kappa shape index (κ3) is 2.66. The normalized spacial score (nSPS) is 16.2. The number of halogens is 1. The average molecular weight is 297 g/mol. The molecule has 0 fully saturated rings. The fraction of sp³-hybridized carbons (Fsp3) is 0.333. The van der Waals surface area contributed by atoms with E-state index >= 15 is 0 Å². The molecule has 0 bridgehead atoms. The van der Waals surface area contributed by atoms with Gasteiger partial charge in [0.15, 0.2) is 5.69 Å². The molecule has 0 saturated carbocycles. The molecule has 1 aliphatic heterocycles. The number of anilines is 1. The zero-order chi connectivity index (χ0) is 12.4. The van der Waals surface area contributed by atoms with Crippen LogP contribution in [-0.4, -0.2) is 29.1 Å². The zero-order valence-electron chi connectivity index (χ0n) is 9.48. The Morgan fingerprint density at radius 3 is 2.94 bits per heavy atom. The Balaban J connectivity index is 2.24. The fourth-order valence-corrected chi connectivity index (χ4v) is 2.23.